The molecular formula is C21H19N5OS. The monoisotopic (exact) mass is 389 g/mol. The number of nitrogens with one attached hydrogen (secondary N) is 1. The Bertz CT molecular complexity index is 1150. The van der Waals surface area contributed by atoms with Gasteiger partial charge < -0.3 is 9.88 Å². The van der Waals surface area contributed by atoms with Crippen molar-refractivity contribution in [3.8, 4) is 0 Å². The maximum absolute atomic E-state index is 12.6. The van der Waals surface area contributed by atoms with Crippen LogP contribution in [0.5, 0.6) is 0 Å². The van der Waals surface area contributed by atoms with Gasteiger partial charge in [-0.25, -0.2) is 4.98 Å². The summed E-state index contributed by atoms with van der Waals surface area (Å²) in [7, 11) is 1.91. The molecule has 1 N–H and O–H groups in total. The van der Waals surface area contributed by atoms with Crippen LogP contribution >= 0.6 is 11.8 Å². The smallest absolute Gasteiger partial charge is 0.274 e. The van der Waals surface area contributed by atoms with E-state index in [0.717, 1.165) is 38.6 Å². The zero-order chi connectivity index (χ0) is 19.5. The first kappa shape index (κ1) is 18.2. The summed E-state index contributed by atoms with van der Waals surface area (Å²) in [5, 5.41) is 12.8. The van der Waals surface area contributed by atoms with Gasteiger partial charge in [-0.3, -0.25) is 4.79 Å². The summed E-state index contributed by atoms with van der Waals surface area (Å²) >= 11 is 1.60. The number of thioether (sulfide) groups is 1. The Morgan fingerprint density at radius 3 is 2.82 bits per heavy atom. The van der Waals surface area contributed by atoms with E-state index in [1.165, 1.54) is 0 Å². The van der Waals surface area contributed by atoms with Crippen LogP contribution in [0.4, 0.5) is 5.69 Å². The lowest BCUT2D eigenvalue weighted by Gasteiger charge is -2.08. The molecule has 2 heterocycles. The molecule has 140 valence electrons. The summed E-state index contributed by atoms with van der Waals surface area (Å²) in [5.74, 6) is 0.519. The summed E-state index contributed by atoms with van der Waals surface area (Å²) in [5.41, 5.74) is 4.20. The highest BCUT2D eigenvalue weighted by atomic mass is 32.2. The number of anilines is 1. The molecule has 28 heavy (non-hydrogen) atoms. The Labute approximate surface area is 167 Å². The Kier molecular flexibility index (Phi) is 5.08. The molecule has 0 radical (unpaired) electrons. The molecule has 0 bridgehead atoms. The van der Waals surface area contributed by atoms with Gasteiger partial charge in [-0.1, -0.05) is 42.1 Å². The summed E-state index contributed by atoms with van der Waals surface area (Å²) in [6, 6.07) is 17.4. The van der Waals surface area contributed by atoms with Crippen LogP contribution in [0.2, 0.25) is 0 Å². The van der Waals surface area contributed by atoms with Crippen molar-refractivity contribution in [1.29, 1.82) is 0 Å². The average molecular weight is 389 g/mol. The first-order valence-corrected chi connectivity index (χ1v) is 9.82. The topological polar surface area (TPSA) is 72.7 Å². The SMILES string of the molecule is Cc1cccc2nc(C(=O)Nc3cccc(CSc4nncn4C)c3)ccc12. The van der Waals surface area contributed by atoms with Crippen molar-refractivity contribution >= 4 is 34.3 Å². The van der Waals surface area contributed by atoms with Crippen LogP contribution in [0, 0.1) is 6.92 Å². The molecule has 6 nitrogen and oxygen atoms in total. The largest absolute Gasteiger partial charge is 0.321 e. The molecule has 7 heteroatoms. The Morgan fingerprint density at radius 1 is 1.14 bits per heavy atom. The molecule has 0 aliphatic carbocycles. The Hall–Kier alpha value is -3.19. The third-order valence-electron chi connectivity index (χ3n) is 4.41. The summed E-state index contributed by atoms with van der Waals surface area (Å²) in [6.45, 7) is 2.04. The van der Waals surface area contributed by atoms with Gasteiger partial charge >= 0.3 is 0 Å². The molecule has 4 aromatic rings. The van der Waals surface area contributed by atoms with E-state index < -0.39 is 0 Å². The second kappa shape index (κ2) is 7.82. The van der Waals surface area contributed by atoms with E-state index in [9.17, 15) is 4.79 Å². The van der Waals surface area contributed by atoms with E-state index in [1.54, 1.807) is 24.2 Å². The molecule has 0 fully saturated rings. The molecule has 0 spiro atoms. The normalized spacial score (nSPS) is 10.9. The summed E-state index contributed by atoms with van der Waals surface area (Å²) in [4.78, 5) is 17.1. The highest BCUT2D eigenvalue weighted by Gasteiger charge is 2.10. The van der Waals surface area contributed by atoms with Crippen LogP contribution in [-0.4, -0.2) is 25.7 Å². The molecule has 0 unspecified atom stereocenters. The maximum Gasteiger partial charge on any atom is 0.274 e. The minimum Gasteiger partial charge on any atom is -0.321 e. The second-order valence-corrected chi connectivity index (χ2v) is 7.45. The highest BCUT2D eigenvalue weighted by Crippen LogP contribution is 2.22. The number of hydrogen-bond acceptors (Lipinski definition) is 5. The predicted molar refractivity (Wildman–Crippen MR) is 111 cm³/mol. The Balaban J connectivity index is 1.48. The fourth-order valence-corrected chi connectivity index (χ4v) is 3.75. The van der Waals surface area contributed by atoms with Crippen molar-refractivity contribution in [3.63, 3.8) is 0 Å². The average Bonchev–Trinajstić information content (AvgIpc) is 3.11. The van der Waals surface area contributed by atoms with Gasteiger partial charge in [0.2, 0.25) is 0 Å². The number of fused-ring (bicyclic) bond motifs is 1. The number of hydrogen-bond donors (Lipinski definition) is 1. The van der Waals surface area contributed by atoms with Crippen LogP contribution < -0.4 is 5.32 Å². The quantitative estimate of drug-likeness (QED) is 0.518. The van der Waals surface area contributed by atoms with E-state index >= 15 is 0 Å². The van der Waals surface area contributed by atoms with Crippen LogP contribution in [0.1, 0.15) is 21.6 Å². The number of aryl methyl sites for hydroxylation is 2. The van der Waals surface area contributed by atoms with Crippen molar-refractivity contribution in [2.45, 2.75) is 17.8 Å². The minimum absolute atomic E-state index is 0.221. The molecule has 0 aliphatic rings. The lowest BCUT2D eigenvalue weighted by molar-refractivity contribution is 0.102. The zero-order valence-electron chi connectivity index (χ0n) is 15.6. The van der Waals surface area contributed by atoms with Crippen LogP contribution in [0.25, 0.3) is 10.9 Å². The first-order valence-electron chi connectivity index (χ1n) is 8.83. The molecule has 0 saturated heterocycles. The van der Waals surface area contributed by atoms with Gasteiger partial charge in [0.05, 0.1) is 5.52 Å². The second-order valence-electron chi connectivity index (χ2n) is 6.51. The summed E-state index contributed by atoms with van der Waals surface area (Å²) in [6.07, 6.45) is 1.68. The number of rotatable bonds is 5. The number of carbonyl (C=O) groups excluding carboxylic acids is 1. The highest BCUT2D eigenvalue weighted by molar-refractivity contribution is 7.98. The van der Waals surface area contributed by atoms with Gasteiger partial charge in [0.1, 0.15) is 12.0 Å². The lowest BCUT2D eigenvalue weighted by Crippen LogP contribution is -2.13. The number of carbonyl (C=O) groups is 1. The summed E-state index contributed by atoms with van der Waals surface area (Å²) < 4.78 is 1.88. The molecule has 1 amide bonds. The minimum atomic E-state index is -0.221. The van der Waals surface area contributed by atoms with Crippen molar-refractivity contribution in [1.82, 2.24) is 19.7 Å². The lowest BCUT2D eigenvalue weighted by atomic mass is 10.1. The van der Waals surface area contributed by atoms with Crippen molar-refractivity contribution < 1.29 is 4.79 Å². The van der Waals surface area contributed by atoms with Crippen molar-refractivity contribution in [2.75, 3.05) is 5.32 Å². The van der Waals surface area contributed by atoms with Gasteiger partial charge in [0.15, 0.2) is 5.16 Å². The first-order chi connectivity index (χ1) is 13.6. The van der Waals surface area contributed by atoms with Crippen molar-refractivity contribution in [2.24, 2.45) is 7.05 Å². The van der Waals surface area contributed by atoms with E-state index in [-0.39, 0.29) is 5.91 Å². The van der Waals surface area contributed by atoms with Crippen molar-refractivity contribution in [3.05, 3.63) is 77.7 Å². The van der Waals surface area contributed by atoms with E-state index in [2.05, 4.69) is 20.5 Å². The van der Waals surface area contributed by atoms with E-state index in [4.69, 9.17) is 0 Å². The molecule has 0 atom stereocenters. The number of pyridine rings is 1. The molecular weight excluding hydrogens is 370 g/mol. The third-order valence-corrected chi connectivity index (χ3v) is 5.51. The number of amides is 1. The predicted octanol–water partition coefficient (Wildman–Crippen LogP) is 4.22. The standard InChI is InChI=1S/C21H19N5OS/c1-14-5-3-8-18-17(14)9-10-19(24-18)20(27)23-16-7-4-6-15(11-16)12-28-21-25-22-13-26(21)2/h3-11,13H,12H2,1-2H3,(H,23,27). The number of aromatic nitrogens is 4. The Morgan fingerprint density at radius 2 is 2.00 bits per heavy atom. The van der Waals surface area contributed by atoms with Crippen LogP contribution in [0.15, 0.2) is 66.1 Å². The van der Waals surface area contributed by atoms with Gasteiger partial charge in [-0.05, 0) is 42.3 Å². The molecule has 0 aliphatic heterocycles. The number of nitrogens with zero attached hydrogens (tertiary/aromatic N) is 4. The van der Waals surface area contributed by atoms with E-state index in [0.29, 0.717) is 5.69 Å². The fraction of sp³-hybridized carbons (Fsp3) is 0.143. The molecule has 4 rings (SSSR count). The molecule has 2 aromatic carbocycles. The van der Waals surface area contributed by atoms with E-state index in [1.807, 2.05) is 67.1 Å². The van der Waals surface area contributed by atoms with Gasteiger partial charge in [-0.15, -0.1) is 10.2 Å². The van der Waals surface area contributed by atoms with Crippen LogP contribution in [-0.2, 0) is 12.8 Å². The fourth-order valence-electron chi connectivity index (χ4n) is 2.92. The maximum atomic E-state index is 12.6. The zero-order valence-corrected chi connectivity index (χ0v) is 16.4. The van der Waals surface area contributed by atoms with Gasteiger partial charge in [-0.2, -0.15) is 0 Å². The van der Waals surface area contributed by atoms with Crippen LogP contribution in [0.3, 0.4) is 0 Å². The third kappa shape index (κ3) is 3.89. The molecule has 2 aromatic heterocycles. The molecule has 0 saturated carbocycles. The van der Waals surface area contributed by atoms with Gasteiger partial charge in [0.25, 0.3) is 5.91 Å². The van der Waals surface area contributed by atoms with Gasteiger partial charge in [0, 0.05) is 23.9 Å². The number of benzene rings is 2.